The number of anilines is 4. The van der Waals surface area contributed by atoms with Gasteiger partial charge in [0.25, 0.3) is 5.91 Å². The average Bonchev–Trinajstić information content (AvgIpc) is 3.67. The average molecular weight is 453 g/mol. The molecule has 3 heterocycles. The summed E-state index contributed by atoms with van der Waals surface area (Å²) in [5.74, 6) is -2.03. The van der Waals surface area contributed by atoms with Crippen LogP contribution in [0.5, 0.6) is 0 Å². The van der Waals surface area contributed by atoms with Crippen LogP contribution < -0.4 is 20.9 Å². The van der Waals surface area contributed by atoms with Crippen LogP contribution in [0.3, 0.4) is 0 Å². The number of carbonyl (C=O) groups excluding carboxylic acids is 2. The molecule has 1 fully saturated rings. The molecule has 3 N–H and O–H groups in total. The molecule has 9 nitrogen and oxygen atoms in total. The minimum Gasteiger partial charge on any atom is -0.368 e. The number of amides is 2. The predicted octanol–water partition coefficient (Wildman–Crippen LogP) is 3.08. The van der Waals surface area contributed by atoms with Gasteiger partial charge in [0.1, 0.15) is 5.82 Å². The van der Waals surface area contributed by atoms with E-state index in [1.54, 1.807) is 18.2 Å². The van der Waals surface area contributed by atoms with E-state index in [0.717, 1.165) is 25.1 Å². The van der Waals surface area contributed by atoms with Gasteiger partial charge in [-0.25, -0.2) is 4.39 Å². The number of halogens is 1. The summed E-state index contributed by atoms with van der Waals surface area (Å²) < 4.78 is 53.3. The summed E-state index contributed by atoms with van der Waals surface area (Å²) in [7, 11) is 1.49. The maximum Gasteiger partial charge on any atom is 0.273 e. The van der Waals surface area contributed by atoms with Crippen molar-refractivity contribution in [1.82, 2.24) is 20.5 Å². The number of nitrogens with zero attached hydrogens (tertiary/aromatic N) is 4. The SMILES string of the molecule is [2H]C([2H])([2H])NC(=O)c1nnc(NC(=O)C2CC2)cc1Nc1cccc2c1N(C)C([2H])([2H])c1cc(F)cnc1-2. The van der Waals surface area contributed by atoms with Crippen LogP contribution in [0, 0.1) is 11.7 Å². The fourth-order valence-corrected chi connectivity index (χ4v) is 3.67. The highest BCUT2D eigenvalue weighted by Gasteiger charge is 2.30. The first-order valence-electron chi connectivity index (χ1n) is 12.7. The topological polar surface area (TPSA) is 112 Å². The normalized spacial score (nSPS) is 18.4. The molecule has 5 rings (SSSR count). The monoisotopic (exact) mass is 452 g/mol. The zero-order chi connectivity index (χ0) is 27.4. The van der Waals surface area contributed by atoms with Crippen molar-refractivity contribution in [2.75, 3.05) is 29.6 Å². The van der Waals surface area contributed by atoms with E-state index in [1.165, 1.54) is 18.0 Å². The van der Waals surface area contributed by atoms with Crippen LogP contribution >= 0.6 is 0 Å². The van der Waals surface area contributed by atoms with Gasteiger partial charge in [0.05, 0.1) is 31.7 Å². The van der Waals surface area contributed by atoms with E-state index in [2.05, 4.69) is 25.8 Å². The quantitative estimate of drug-likeness (QED) is 0.545. The van der Waals surface area contributed by atoms with Crippen LogP contribution in [-0.4, -0.2) is 41.0 Å². The molecule has 33 heavy (non-hydrogen) atoms. The second-order valence-corrected chi connectivity index (χ2v) is 7.76. The van der Waals surface area contributed by atoms with Gasteiger partial charge in [0.15, 0.2) is 11.5 Å². The lowest BCUT2D eigenvalue weighted by atomic mass is 9.97. The van der Waals surface area contributed by atoms with E-state index in [1.807, 2.05) is 5.32 Å². The van der Waals surface area contributed by atoms with Crippen LogP contribution in [0.1, 0.15) is 35.7 Å². The standard InChI is InChI=1S/C23H22FN7O2/c1-25-23(33)20-17(9-18(29-30-20)28-22(32)12-6-7-12)27-16-5-3-4-15-19-13(8-14(24)10-26-19)11-31(2)21(15)16/h3-5,8-10,12H,6-7,11H2,1-2H3,(H,25,33)(H2,27,28,29,32)/i1D3,11D2. The molecular weight excluding hydrogens is 425 g/mol. The Kier molecular flexibility index (Phi) is 3.86. The highest BCUT2D eigenvalue weighted by Crippen LogP contribution is 2.43. The molecule has 2 aromatic heterocycles. The second kappa shape index (κ2) is 8.12. The van der Waals surface area contributed by atoms with Crippen LogP contribution in [0.25, 0.3) is 11.3 Å². The zero-order valence-corrected chi connectivity index (χ0v) is 17.4. The van der Waals surface area contributed by atoms with Gasteiger partial charge in [0, 0.05) is 47.7 Å². The fraction of sp³-hybridized carbons (Fsp3) is 0.261. The van der Waals surface area contributed by atoms with Gasteiger partial charge in [-0.15, -0.1) is 10.2 Å². The maximum absolute atomic E-state index is 13.9. The second-order valence-electron chi connectivity index (χ2n) is 7.76. The Balaban J connectivity index is 1.60. The van der Waals surface area contributed by atoms with Gasteiger partial charge in [-0.05, 0) is 25.0 Å². The first-order valence-corrected chi connectivity index (χ1v) is 10.2. The molecule has 2 amide bonds. The number of benzene rings is 1. The van der Waals surface area contributed by atoms with Crippen LogP contribution in [0.4, 0.5) is 27.3 Å². The molecule has 0 unspecified atom stereocenters. The molecule has 1 saturated carbocycles. The van der Waals surface area contributed by atoms with Gasteiger partial charge in [-0.3, -0.25) is 14.6 Å². The van der Waals surface area contributed by atoms with Crippen LogP contribution in [0.15, 0.2) is 36.5 Å². The highest BCUT2D eigenvalue weighted by atomic mass is 19.1. The first kappa shape index (κ1) is 15.7. The van der Waals surface area contributed by atoms with Crippen LogP contribution in [-0.2, 0) is 11.3 Å². The first-order chi connectivity index (χ1) is 17.8. The van der Waals surface area contributed by atoms with Crippen molar-refractivity contribution >= 4 is 34.7 Å². The van der Waals surface area contributed by atoms with Crippen molar-refractivity contribution in [2.45, 2.75) is 19.3 Å². The predicted molar refractivity (Wildman–Crippen MR) is 122 cm³/mol. The van der Waals surface area contributed by atoms with E-state index in [4.69, 9.17) is 6.85 Å². The maximum atomic E-state index is 13.9. The van der Waals surface area contributed by atoms with Crippen molar-refractivity contribution < 1.29 is 20.8 Å². The number of fused-ring (bicyclic) bond motifs is 3. The molecule has 1 aliphatic heterocycles. The molecule has 0 atom stereocenters. The molecule has 0 spiro atoms. The van der Waals surface area contributed by atoms with Crippen LogP contribution in [0.2, 0.25) is 0 Å². The minimum absolute atomic E-state index is 0.0214. The largest absolute Gasteiger partial charge is 0.368 e. The summed E-state index contributed by atoms with van der Waals surface area (Å²) in [6, 6.07) is 7.43. The summed E-state index contributed by atoms with van der Waals surface area (Å²) in [6.45, 7) is -4.93. The van der Waals surface area contributed by atoms with Gasteiger partial charge in [-0.1, -0.05) is 12.1 Å². The molecular formula is C23H22FN7O2. The number of nitrogens with one attached hydrogen (secondary N) is 3. The van der Waals surface area contributed by atoms with Crippen molar-refractivity contribution in [2.24, 2.45) is 5.92 Å². The summed E-state index contributed by atoms with van der Waals surface area (Å²) in [5, 5.41) is 15.3. The number of aromatic nitrogens is 3. The number of para-hydroxylation sites is 1. The Morgan fingerprint density at radius 2 is 2.09 bits per heavy atom. The van der Waals surface area contributed by atoms with Crippen molar-refractivity contribution in [3.63, 3.8) is 0 Å². The number of carbonyl (C=O) groups is 2. The molecule has 2 aliphatic rings. The van der Waals surface area contributed by atoms with Gasteiger partial charge in [-0.2, -0.15) is 0 Å². The summed E-state index contributed by atoms with van der Waals surface area (Å²) in [5.41, 5.74) is 1.14. The number of rotatable bonds is 5. The van der Waals surface area contributed by atoms with Gasteiger partial charge < -0.3 is 20.9 Å². The Bertz CT molecular complexity index is 1460. The zero-order valence-electron chi connectivity index (χ0n) is 22.4. The molecule has 1 aromatic carbocycles. The number of hydrogen-bond acceptors (Lipinski definition) is 7. The third-order valence-corrected chi connectivity index (χ3v) is 5.36. The molecule has 0 bridgehead atoms. The molecule has 3 aromatic rings. The fourth-order valence-electron chi connectivity index (χ4n) is 3.67. The van der Waals surface area contributed by atoms with E-state index < -0.39 is 25.2 Å². The lowest BCUT2D eigenvalue weighted by molar-refractivity contribution is -0.117. The van der Waals surface area contributed by atoms with Crippen molar-refractivity contribution in [3.8, 4) is 11.3 Å². The van der Waals surface area contributed by atoms with E-state index in [9.17, 15) is 14.0 Å². The third-order valence-electron chi connectivity index (χ3n) is 5.36. The minimum atomic E-state index is -2.79. The molecule has 168 valence electrons. The Hall–Kier alpha value is -4.08. The Morgan fingerprint density at radius 1 is 1.24 bits per heavy atom. The Morgan fingerprint density at radius 3 is 2.88 bits per heavy atom. The molecule has 0 saturated heterocycles. The Labute approximate surface area is 196 Å². The van der Waals surface area contributed by atoms with Crippen molar-refractivity contribution in [1.29, 1.82) is 0 Å². The lowest BCUT2D eigenvalue weighted by Crippen LogP contribution is -2.24. The van der Waals surface area contributed by atoms with E-state index in [-0.39, 0.29) is 40.3 Å². The molecule has 10 heteroatoms. The summed E-state index contributed by atoms with van der Waals surface area (Å²) >= 11 is 0. The lowest BCUT2D eigenvalue weighted by Gasteiger charge is -2.31. The summed E-state index contributed by atoms with van der Waals surface area (Å²) in [6.07, 6.45) is 2.52. The summed E-state index contributed by atoms with van der Waals surface area (Å²) in [4.78, 5) is 30.5. The molecule has 1 aliphatic carbocycles. The number of hydrogen-bond donors (Lipinski definition) is 3. The van der Waals surface area contributed by atoms with Gasteiger partial charge in [0.2, 0.25) is 5.91 Å². The van der Waals surface area contributed by atoms with Gasteiger partial charge >= 0.3 is 0 Å². The van der Waals surface area contributed by atoms with E-state index in [0.29, 0.717) is 16.9 Å². The smallest absolute Gasteiger partial charge is 0.273 e. The third kappa shape index (κ3) is 3.95. The van der Waals surface area contributed by atoms with Crippen molar-refractivity contribution in [3.05, 3.63) is 53.6 Å². The van der Waals surface area contributed by atoms with E-state index >= 15 is 0 Å². The number of pyridine rings is 1. The molecule has 0 radical (unpaired) electrons. The highest BCUT2D eigenvalue weighted by molar-refractivity contribution is 6.01.